The van der Waals surface area contributed by atoms with Crippen molar-refractivity contribution in [2.75, 3.05) is 0 Å². The molecule has 0 saturated heterocycles. The highest BCUT2D eigenvalue weighted by Gasteiger charge is 2.03. The summed E-state index contributed by atoms with van der Waals surface area (Å²) in [6.07, 6.45) is 1.94. The fourth-order valence-corrected chi connectivity index (χ4v) is 1.04. The van der Waals surface area contributed by atoms with Crippen LogP contribution in [-0.4, -0.2) is 0 Å². The molecule has 0 fully saturated rings. The molecule has 1 rings (SSSR count). The Kier molecular flexibility index (Phi) is 2.12. The Morgan fingerprint density at radius 3 is 2.70 bits per heavy atom. The van der Waals surface area contributed by atoms with E-state index in [0.29, 0.717) is 0 Å². The molecule has 0 aromatic carbocycles. The molecule has 0 aliphatic heterocycles. The van der Waals surface area contributed by atoms with Gasteiger partial charge in [0.05, 0.1) is 0 Å². The zero-order valence-corrected chi connectivity index (χ0v) is 6.81. The van der Waals surface area contributed by atoms with Gasteiger partial charge in [-0.1, -0.05) is 18.7 Å². The van der Waals surface area contributed by atoms with E-state index in [9.17, 15) is 0 Å². The Hall–Kier alpha value is -0.760. The van der Waals surface area contributed by atoms with Gasteiger partial charge in [-0.15, -0.1) is 0 Å². The van der Waals surface area contributed by atoms with Gasteiger partial charge in [-0.05, 0) is 6.58 Å². The number of pyridine rings is 1. The van der Waals surface area contributed by atoms with Crippen LogP contribution in [-0.2, 0) is 0 Å². The number of rotatable bonds is 1. The normalized spacial score (nSPS) is 9.40. The Labute approximate surface area is 66.4 Å². The number of hydrogen-bond acceptors (Lipinski definition) is 1. The van der Waals surface area contributed by atoms with Crippen LogP contribution in [0.2, 0.25) is 0 Å². The van der Waals surface area contributed by atoms with Crippen LogP contribution in [0.1, 0.15) is 5.69 Å². The lowest BCUT2D eigenvalue weighted by Gasteiger charge is -1.93. The maximum atomic E-state index is 4.13. The van der Waals surface area contributed by atoms with Gasteiger partial charge >= 0.3 is 0 Å². The highest BCUT2D eigenvalue weighted by atomic mass is 32.1. The SMILES string of the molecule is C=C(S)[n+]1ccccc1C. The van der Waals surface area contributed by atoms with E-state index in [2.05, 4.69) is 19.2 Å². The summed E-state index contributed by atoms with van der Waals surface area (Å²) < 4.78 is 1.92. The molecule has 0 bridgehead atoms. The fraction of sp³-hybridized carbons (Fsp3) is 0.125. The van der Waals surface area contributed by atoms with Crippen molar-refractivity contribution in [3.8, 4) is 0 Å². The van der Waals surface area contributed by atoms with Crippen LogP contribution in [0.3, 0.4) is 0 Å². The second kappa shape index (κ2) is 2.88. The molecule has 2 heteroatoms. The summed E-state index contributed by atoms with van der Waals surface area (Å²) in [7, 11) is 0. The highest BCUT2D eigenvalue weighted by molar-refractivity contribution is 7.89. The summed E-state index contributed by atoms with van der Waals surface area (Å²) in [6, 6.07) is 5.96. The predicted molar refractivity (Wildman–Crippen MR) is 45.7 cm³/mol. The van der Waals surface area contributed by atoms with Crippen LogP contribution in [0.15, 0.2) is 31.0 Å². The molecule has 1 nitrogen and oxygen atoms in total. The summed E-state index contributed by atoms with van der Waals surface area (Å²) in [4.78, 5) is 0. The van der Waals surface area contributed by atoms with Gasteiger partial charge in [-0.3, -0.25) is 0 Å². The van der Waals surface area contributed by atoms with Crippen molar-refractivity contribution >= 4 is 17.7 Å². The first-order valence-corrected chi connectivity index (χ1v) is 3.52. The maximum Gasteiger partial charge on any atom is 0.235 e. The molecule has 1 aromatic rings. The number of hydrogen-bond donors (Lipinski definition) is 1. The fourth-order valence-electron chi connectivity index (χ4n) is 0.818. The summed E-state index contributed by atoms with van der Waals surface area (Å²) in [5.74, 6) is 0. The first-order valence-electron chi connectivity index (χ1n) is 3.07. The lowest BCUT2D eigenvalue weighted by atomic mass is 10.4. The maximum absolute atomic E-state index is 4.13. The van der Waals surface area contributed by atoms with Crippen molar-refractivity contribution in [3.05, 3.63) is 36.7 Å². The molecule has 52 valence electrons. The molecule has 0 saturated carbocycles. The molecule has 0 radical (unpaired) electrons. The van der Waals surface area contributed by atoms with Crippen LogP contribution in [0, 0.1) is 6.92 Å². The number of aryl methyl sites for hydroxylation is 1. The van der Waals surface area contributed by atoms with E-state index < -0.39 is 0 Å². The topological polar surface area (TPSA) is 3.88 Å². The third-order valence-corrected chi connectivity index (χ3v) is 1.56. The van der Waals surface area contributed by atoms with E-state index in [1.165, 1.54) is 0 Å². The number of aromatic nitrogens is 1. The molecular formula is C8H10NS+. The van der Waals surface area contributed by atoms with Crippen molar-refractivity contribution in [1.29, 1.82) is 0 Å². The molecular weight excluding hydrogens is 142 g/mol. The van der Waals surface area contributed by atoms with Gasteiger partial charge in [0, 0.05) is 19.1 Å². The third-order valence-electron chi connectivity index (χ3n) is 1.34. The second-order valence-corrected chi connectivity index (χ2v) is 2.64. The van der Waals surface area contributed by atoms with Gasteiger partial charge in [-0.25, -0.2) is 0 Å². The molecule has 0 atom stereocenters. The Morgan fingerprint density at radius 2 is 2.30 bits per heavy atom. The molecule has 10 heavy (non-hydrogen) atoms. The highest BCUT2D eigenvalue weighted by Crippen LogP contribution is 1.96. The summed E-state index contributed by atoms with van der Waals surface area (Å²) in [6.45, 7) is 5.73. The van der Waals surface area contributed by atoms with E-state index in [0.717, 1.165) is 10.7 Å². The van der Waals surface area contributed by atoms with Crippen LogP contribution >= 0.6 is 12.6 Å². The van der Waals surface area contributed by atoms with Crippen molar-refractivity contribution in [2.24, 2.45) is 0 Å². The first kappa shape index (κ1) is 7.35. The molecule has 0 N–H and O–H groups in total. The second-order valence-electron chi connectivity index (χ2n) is 2.13. The van der Waals surface area contributed by atoms with Crippen molar-refractivity contribution in [1.82, 2.24) is 0 Å². The largest absolute Gasteiger partial charge is 0.235 e. The van der Waals surface area contributed by atoms with Gasteiger partial charge in [0.15, 0.2) is 11.9 Å². The summed E-state index contributed by atoms with van der Waals surface area (Å²) in [5, 5.41) is 0.748. The van der Waals surface area contributed by atoms with E-state index in [1.54, 1.807) is 0 Å². The van der Waals surface area contributed by atoms with Gasteiger partial charge in [0.1, 0.15) is 0 Å². The van der Waals surface area contributed by atoms with Crippen LogP contribution in [0.5, 0.6) is 0 Å². The quantitative estimate of drug-likeness (QED) is 0.460. The number of thiol groups is 1. The van der Waals surface area contributed by atoms with E-state index >= 15 is 0 Å². The lowest BCUT2D eigenvalue weighted by Crippen LogP contribution is -2.31. The van der Waals surface area contributed by atoms with Gasteiger partial charge in [0.2, 0.25) is 5.03 Å². The van der Waals surface area contributed by atoms with E-state index in [4.69, 9.17) is 0 Å². The Bertz CT molecular complexity index is 255. The third kappa shape index (κ3) is 1.39. The molecule has 1 aromatic heterocycles. The van der Waals surface area contributed by atoms with Gasteiger partial charge < -0.3 is 0 Å². The molecule has 0 aliphatic carbocycles. The standard InChI is InChI=1S/C8H9NS/c1-7-5-3-4-6-9(7)8(2)10/h3-6H,2H2,1H3/p+1. The van der Waals surface area contributed by atoms with Crippen LogP contribution in [0.4, 0.5) is 0 Å². The zero-order valence-electron chi connectivity index (χ0n) is 5.91. The van der Waals surface area contributed by atoms with Crippen molar-refractivity contribution < 1.29 is 4.57 Å². The smallest absolute Gasteiger partial charge is 0.160 e. The van der Waals surface area contributed by atoms with E-state index in [-0.39, 0.29) is 0 Å². The number of nitrogens with zero attached hydrogens (tertiary/aromatic N) is 1. The monoisotopic (exact) mass is 152 g/mol. The van der Waals surface area contributed by atoms with Crippen molar-refractivity contribution in [3.63, 3.8) is 0 Å². The molecule has 1 heterocycles. The van der Waals surface area contributed by atoms with Crippen molar-refractivity contribution in [2.45, 2.75) is 6.92 Å². The minimum atomic E-state index is 0.748. The molecule has 0 aliphatic rings. The van der Waals surface area contributed by atoms with Crippen LogP contribution < -0.4 is 4.57 Å². The minimum Gasteiger partial charge on any atom is -0.160 e. The van der Waals surface area contributed by atoms with E-state index in [1.807, 2.05) is 35.9 Å². The molecule has 0 spiro atoms. The predicted octanol–water partition coefficient (Wildman–Crippen LogP) is 1.64. The lowest BCUT2D eigenvalue weighted by molar-refractivity contribution is -0.580. The van der Waals surface area contributed by atoms with Gasteiger partial charge in [0.25, 0.3) is 0 Å². The first-order chi connectivity index (χ1) is 4.72. The Morgan fingerprint density at radius 1 is 1.60 bits per heavy atom. The molecule has 0 amide bonds. The van der Waals surface area contributed by atoms with Gasteiger partial charge in [-0.2, -0.15) is 4.57 Å². The zero-order chi connectivity index (χ0) is 7.56. The van der Waals surface area contributed by atoms with Crippen LogP contribution in [0.25, 0.3) is 5.03 Å². The Balaban J connectivity index is 3.15. The molecule has 0 unspecified atom stereocenters. The average Bonchev–Trinajstić information content (AvgIpc) is 1.88. The summed E-state index contributed by atoms with van der Waals surface area (Å²) in [5.41, 5.74) is 1.14. The average molecular weight is 152 g/mol. The summed E-state index contributed by atoms with van der Waals surface area (Å²) >= 11 is 4.13. The minimum absolute atomic E-state index is 0.748.